The number of hydrogen-bond donors (Lipinski definition) is 0. The van der Waals surface area contributed by atoms with Crippen molar-refractivity contribution in [2.45, 2.75) is 45.8 Å². The molecule has 1 aromatic rings. The average molecular weight is 289 g/mol. The predicted molar refractivity (Wildman–Crippen MR) is 79.2 cm³/mol. The maximum atomic E-state index is 12.2. The molecule has 4 nitrogen and oxygen atoms in total. The van der Waals surface area contributed by atoms with Gasteiger partial charge in [0.2, 0.25) is 6.33 Å². The molecule has 2 aliphatic carbocycles. The predicted octanol–water partition coefficient (Wildman–Crippen LogP) is 2.37. The van der Waals surface area contributed by atoms with E-state index in [2.05, 4.69) is 36.2 Å². The Morgan fingerprint density at radius 2 is 2.29 bits per heavy atom. The van der Waals surface area contributed by atoms with E-state index in [0.29, 0.717) is 18.4 Å². The first-order chi connectivity index (χ1) is 10.2. The summed E-state index contributed by atoms with van der Waals surface area (Å²) in [6.07, 6.45) is 13.1. The third kappa shape index (κ3) is 3.04. The minimum atomic E-state index is -0.0202. The molecule has 21 heavy (non-hydrogen) atoms. The fourth-order valence-corrected chi connectivity index (χ4v) is 3.52. The number of aryl methyl sites for hydroxylation is 2. The van der Waals surface area contributed by atoms with Crippen LogP contribution in [0.25, 0.3) is 0 Å². The van der Waals surface area contributed by atoms with E-state index in [1.54, 1.807) is 0 Å². The molecule has 3 rings (SSSR count). The lowest BCUT2D eigenvalue weighted by atomic mass is 9.94. The number of allylic oxidation sites excluding steroid dienone is 2. The molecule has 114 valence electrons. The van der Waals surface area contributed by atoms with Crippen LogP contribution >= 0.6 is 0 Å². The molecule has 0 N–H and O–H groups in total. The lowest BCUT2D eigenvalue weighted by molar-refractivity contribution is -0.697. The van der Waals surface area contributed by atoms with E-state index in [-0.39, 0.29) is 11.9 Å². The monoisotopic (exact) mass is 289 g/mol. The Labute approximate surface area is 126 Å². The van der Waals surface area contributed by atoms with Crippen molar-refractivity contribution in [2.24, 2.45) is 24.8 Å². The summed E-state index contributed by atoms with van der Waals surface area (Å²) in [6, 6.07) is 0. The summed E-state index contributed by atoms with van der Waals surface area (Å²) in [7, 11) is 2.01. The van der Waals surface area contributed by atoms with E-state index >= 15 is 0 Å². The quantitative estimate of drug-likeness (QED) is 0.458. The maximum absolute atomic E-state index is 12.2. The molecular weight excluding hydrogens is 264 g/mol. The number of nitrogens with zero attached hydrogens (tertiary/aromatic N) is 2. The van der Waals surface area contributed by atoms with Crippen molar-refractivity contribution in [2.75, 3.05) is 0 Å². The zero-order valence-corrected chi connectivity index (χ0v) is 13.0. The van der Waals surface area contributed by atoms with Crippen LogP contribution in [0.2, 0.25) is 0 Å². The second-order valence-electron chi connectivity index (χ2n) is 6.43. The molecule has 0 aromatic carbocycles. The standard InChI is InChI=1S/C17H25N2O2/c1-3-4-7-19-10-15(18(2)12-19)11-21-17(20)16-9-13-5-6-14(16)8-13/h5-6,10,12-14,16H,3-4,7-9,11H2,1-2H3/q+1. The first kappa shape index (κ1) is 14.4. The second-order valence-corrected chi connectivity index (χ2v) is 6.43. The van der Waals surface area contributed by atoms with E-state index < -0.39 is 0 Å². The highest BCUT2D eigenvalue weighted by Gasteiger charge is 2.40. The van der Waals surface area contributed by atoms with Crippen molar-refractivity contribution in [1.82, 2.24) is 4.57 Å². The van der Waals surface area contributed by atoms with Crippen molar-refractivity contribution in [1.29, 1.82) is 0 Å². The summed E-state index contributed by atoms with van der Waals surface area (Å²) in [5.74, 6) is 1.10. The minimum Gasteiger partial charge on any atom is -0.457 e. The zero-order valence-electron chi connectivity index (χ0n) is 13.0. The summed E-state index contributed by atoms with van der Waals surface area (Å²) in [6.45, 7) is 3.59. The van der Waals surface area contributed by atoms with E-state index in [9.17, 15) is 4.79 Å². The number of unbranched alkanes of at least 4 members (excludes halogenated alkanes) is 1. The first-order valence-corrected chi connectivity index (χ1v) is 8.06. The van der Waals surface area contributed by atoms with Crippen molar-refractivity contribution in [3.05, 3.63) is 30.4 Å². The fraction of sp³-hybridized carbons (Fsp3) is 0.647. The Morgan fingerprint density at radius 3 is 2.95 bits per heavy atom. The van der Waals surface area contributed by atoms with Crippen LogP contribution < -0.4 is 4.57 Å². The Kier molecular flexibility index (Phi) is 4.13. The second kappa shape index (κ2) is 6.04. The highest BCUT2D eigenvalue weighted by molar-refractivity contribution is 5.74. The fourth-order valence-electron chi connectivity index (χ4n) is 3.52. The van der Waals surface area contributed by atoms with Crippen molar-refractivity contribution in [3.8, 4) is 0 Å². The van der Waals surface area contributed by atoms with Crippen molar-refractivity contribution < 1.29 is 14.1 Å². The third-order valence-electron chi connectivity index (χ3n) is 4.80. The molecule has 0 radical (unpaired) electrons. The van der Waals surface area contributed by atoms with Gasteiger partial charge in [0.25, 0.3) is 0 Å². The van der Waals surface area contributed by atoms with Crippen LogP contribution in [0.4, 0.5) is 0 Å². The molecule has 1 fully saturated rings. The van der Waals surface area contributed by atoms with Gasteiger partial charge in [-0.3, -0.25) is 4.79 Å². The van der Waals surface area contributed by atoms with Gasteiger partial charge in [0.05, 0.1) is 19.5 Å². The molecular formula is C17H25N2O2+. The van der Waals surface area contributed by atoms with Crippen LogP contribution in [0.1, 0.15) is 38.3 Å². The largest absolute Gasteiger partial charge is 0.457 e. The number of esters is 1. The first-order valence-electron chi connectivity index (χ1n) is 8.06. The Bertz CT molecular complexity index is 547. The molecule has 4 heteroatoms. The Morgan fingerprint density at radius 1 is 1.43 bits per heavy atom. The van der Waals surface area contributed by atoms with Crippen LogP contribution in [0, 0.1) is 17.8 Å². The van der Waals surface area contributed by atoms with Crippen LogP contribution in [0.5, 0.6) is 0 Å². The molecule has 2 bridgehead atoms. The molecule has 3 unspecified atom stereocenters. The number of fused-ring (bicyclic) bond motifs is 2. The highest BCUT2D eigenvalue weighted by atomic mass is 16.5. The van der Waals surface area contributed by atoms with Gasteiger partial charge in [-0.15, -0.1) is 0 Å². The number of ether oxygens (including phenoxy) is 1. The summed E-state index contributed by atoms with van der Waals surface area (Å²) < 4.78 is 9.78. The van der Waals surface area contributed by atoms with Crippen molar-refractivity contribution in [3.63, 3.8) is 0 Å². The summed E-state index contributed by atoms with van der Waals surface area (Å²) in [4.78, 5) is 12.2. The van der Waals surface area contributed by atoms with Gasteiger partial charge in [-0.05, 0) is 31.1 Å². The summed E-state index contributed by atoms with van der Waals surface area (Å²) in [5.41, 5.74) is 1.05. The van der Waals surface area contributed by atoms with Gasteiger partial charge in [-0.2, -0.15) is 0 Å². The minimum absolute atomic E-state index is 0.0202. The average Bonchev–Trinajstić information content (AvgIpc) is 3.18. The number of carbonyl (C=O) groups is 1. The van der Waals surface area contributed by atoms with E-state index in [0.717, 1.165) is 25.1 Å². The zero-order chi connectivity index (χ0) is 14.8. The lowest BCUT2D eigenvalue weighted by Gasteiger charge is -2.15. The molecule has 1 heterocycles. The van der Waals surface area contributed by atoms with Crippen LogP contribution in [-0.4, -0.2) is 10.5 Å². The molecule has 0 amide bonds. The Hall–Kier alpha value is -1.58. The number of carbonyl (C=O) groups excluding carboxylic acids is 1. The van der Waals surface area contributed by atoms with E-state index in [1.807, 2.05) is 11.6 Å². The Balaban J connectivity index is 1.54. The molecule has 2 aliphatic rings. The van der Waals surface area contributed by atoms with Gasteiger partial charge < -0.3 is 4.74 Å². The van der Waals surface area contributed by atoms with Gasteiger partial charge in [-0.25, -0.2) is 9.13 Å². The van der Waals surface area contributed by atoms with Crippen LogP contribution in [0.15, 0.2) is 24.7 Å². The third-order valence-corrected chi connectivity index (χ3v) is 4.80. The number of imidazole rings is 1. The molecule has 1 saturated carbocycles. The molecule has 3 atom stereocenters. The van der Waals surface area contributed by atoms with Crippen LogP contribution in [-0.2, 0) is 29.7 Å². The summed E-state index contributed by atoms with van der Waals surface area (Å²) >= 11 is 0. The van der Waals surface area contributed by atoms with Gasteiger partial charge in [0, 0.05) is 0 Å². The normalized spacial score (nSPS) is 26.5. The number of aromatic nitrogens is 2. The molecule has 0 spiro atoms. The van der Waals surface area contributed by atoms with Gasteiger partial charge in [-0.1, -0.05) is 25.5 Å². The van der Waals surface area contributed by atoms with E-state index in [1.165, 1.54) is 12.8 Å². The van der Waals surface area contributed by atoms with Gasteiger partial charge in [0.1, 0.15) is 6.20 Å². The van der Waals surface area contributed by atoms with Crippen molar-refractivity contribution >= 4 is 5.97 Å². The topological polar surface area (TPSA) is 35.1 Å². The lowest BCUT2D eigenvalue weighted by Crippen LogP contribution is -2.30. The molecule has 0 aliphatic heterocycles. The van der Waals surface area contributed by atoms with Gasteiger partial charge in [0.15, 0.2) is 12.3 Å². The van der Waals surface area contributed by atoms with Gasteiger partial charge >= 0.3 is 5.97 Å². The van der Waals surface area contributed by atoms with E-state index in [4.69, 9.17) is 4.74 Å². The highest BCUT2D eigenvalue weighted by Crippen LogP contribution is 2.43. The molecule has 1 aromatic heterocycles. The maximum Gasteiger partial charge on any atom is 0.310 e. The molecule has 0 saturated heterocycles. The SMILES string of the molecule is CCCC[n+]1cc(COC(=O)C2CC3C=CC2C3)n(C)c1. The number of rotatable bonds is 6. The number of hydrogen-bond acceptors (Lipinski definition) is 2. The summed E-state index contributed by atoms with van der Waals surface area (Å²) in [5, 5.41) is 0. The van der Waals surface area contributed by atoms with Crippen LogP contribution in [0.3, 0.4) is 0 Å². The smallest absolute Gasteiger partial charge is 0.310 e.